The van der Waals surface area contributed by atoms with E-state index in [1.807, 2.05) is 25.2 Å². The number of rotatable bonds is 5. The summed E-state index contributed by atoms with van der Waals surface area (Å²) >= 11 is 0.897. The summed E-state index contributed by atoms with van der Waals surface area (Å²) in [5.74, 6) is -1.17. The van der Waals surface area contributed by atoms with Crippen molar-refractivity contribution in [1.82, 2.24) is 20.2 Å². The summed E-state index contributed by atoms with van der Waals surface area (Å²) in [6, 6.07) is 11.0. The highest BCUT2D eigenvalue weighted by Crippen LogP contribution is 2.24. The van der Waals surface area contributed by atoms with Crippen LogP contribution in [0.3, 0.4) is 0 Å². The van der Waals surface area contributed by atoms with Crippen molar-refractivity contribution < 1.29 is 22.8 Å². The van der Waals surface area contributed by atoms with Gasteiger partial charge in [-0.2, -0.15) is 13.2 Å². The van der Waals surface area contributed by atoms with E-state index in [1.54, 1.807) is 41.7 Å². The second kappa shape index (κ2) is 9.43. The van der Waals surface area contributed by atoms with E-state index in [0.717, 1.165) is 22.9 Å². The Balaban J connectivity index is 1.89. The normalized spacial score (nSPS) is 11.4. The van der Waals surface area contributed by atoms with Crippen LogP contribution in [0, 0.1) is 13.8 Å². The first-order valence-corrected chi connectivity index (χ1v) is 10.4. The van der Waals surface area contributed by atoms with Gasteiger partial charge in [-0.3, -0.25) is 19.5 Å². The molecule has 0 aliphatic rings. The van der Waals surface area contributed by atoms with Gasteiger partial charge in [-0.25, -0.2) is 9.78 Å². The number of halogens is 3. The zero-order chi connectivity index (χ0) is 23.5. The Kier molecular flexibility index (Phi) is 6.87. The Labute approximate surface area is 185 Å². The number of fused-ring (bicyclic) bond motifs is 1. The third-order valence-corrected chi connectivity index (χ3v) is 5.54. The quantitative estimate of drug-likeness (QED) is 0.446. The van der Waals surface area contributed by atoms with E-state index in [2.05, 4.69) is 4.98 Å². The third-order valence-electron chi connectivity index (χ3n) is 4.60. The van der Waals surface area contributed by atoms with E-state index in [1.165, 1.54) is 4.57 Å². The highest BCUT2D eigenvalue weighted by atomic mass is 32.2. The maximum atomic E-state index is 13.3. The van der Waals surface area contributed by atoms with Gasteiger partial charge in [-0.05, 0) is 43.2 Å². The molecule has 11 heteroatoms. The monoisotopic (exact) mass is 464 g/mol. The molecule has 1 heterocycles. The summed E-state index contributed by atoms with van der Waals surface area (Å²) in [4.78, 5) is 41.3. The Morgan fingerprint density at radius 1 is 1.09 bits per heavy atom. The van der Waals surface area contributed by atoms with Crippen molar-refractivity contribution in [2.75, 3.05) is 12.3 Å². The number of urea groups is 1. The Hall–Kier alpha value is -3.34. The first kappa shape index (κ1) is 23.3. The van der Waals surface area contributed by atoms with E-state index in [-0.39, 0.29) is 16.5 Å². The van der Waals surface area contributed by atoms with E-state index < -0.39 is 24.7 Å². The minimum atomic E-state index is -4.59. The molecule has 0 spiro atoms. The van der Waals surface area contributed by atoms with Crippen LogP contribution in [0.4, 0.5) is 18.0 Å². The lowest BCUT2D eigenvalue weighted by molar-refractivity contribution is -0.124. The summed E-state index contributed by atoms with van der Waals surface area (Å²) in [7, 11) is 0. The second-order valence-corrected chi connectivity index (χ2v) is 7.85. The molecular weight excluding hydrogens is 445 g/mol. The van der Waals surface area contributed by atoms with Crippen LogP contribution >= 0.6 is 11.8 Å². The Morgan fingerprint density at radius 2 is 1.81 bits per heavy atom. The van der Waals surface area contributed by atoms with Crippen molar-refractivity contribution in [2.24, 2.45) is 0 Å². The van der Waals surface area contributed by atoms with Crippen molar-refractivity contribution in [1.29, 1.82) is 0 Å². The predicted molar refractivity (Wildman–Crippen MR) is 115 cm³/mol. The summed E-state index contributed by atoms with van der Waals surface area (Å²) in [5.41, 5.74) is 2.51. The van der Waals surface area contributed by atoms with Crippen molar-refractivity contribution in [3.8, 4) is 5.69 Å². The van der Waals surface area contributed by atoms with Crippen molar-refractivity contribution in [2.45, 2.75) is 25.2 Å². The molecule has 0 bridgehead atoms. The number of benzene rings is 2. The second-order valence-electron chi connectivity index (χ2n) is 6.91. The van der Waals surface area contributed by atoms with Gasteiger partial charge in [-0.15, -0.1) is 0 Å². The number of carbonyl (C=O) groups is 2. The van der Waals surface area contributed by atoms with Gasteiger partial charge in [0.25, 0.3) is 5.56 Å². The number of aromatic nitrogens is 2. The van der Waals surface area contributed by atoms with Crippen LogP contribution in [0.1, 0.15) is 11.1 Å². The number of alkyl halides is 3. The van der Waals surface area contributed by atoms with Gasteiger partial charge in [0.1, 0.15) is 6.54 Å². The van der Waals surface area contributed by atoms with Crippen molar-refractivity contribution in [3.05, 3.63) is 63.9 Å². The van der Waals surface area contributed by atoms with E-state index in [9.17, 15) is 27.6 Å². The third kappa shape index (κ3) is 5.47. The molecule has 32 heavy (non-hydrogen) atoms. The molecule has 0 saturated carbocycles. The van der Waals surface area contributed by atoms with Crippen molar-refractivity contribution in [3.63, 3.8) is 0 Å². The van der Waals surface area contributed by atoms with Gasteiger partial charge < -0.3 is 5.32 Å². The molecule has 3 amide bonds. The highest BCUT2D eigenvalue weighted by molar-refractivity contribution is 7.99. The highest BCUT2D eigenvalue weighted by Gasteiger charge is 2.28. The Morgan fingerprint density at radius 3 is 2.53 bits per heavy atom. The lowest BCUT2D eigenvalue weighted by Crippen LogP contribution is -2.44. The maximum Gasteiger partial charge on any atom is 0.405 e. The van der Waals surface area contributed by atoms with Gasteiger partial charge in [0.05, 0.1) is 22.3 Å². The number of hydrogen-bond acceptors (Lipinski definition) is 5. The van der Waals surface area contributed by atoms with Gasteiger partial charge in [0.2, 0.25) is 5.91 Å². The molecule has 2 aromatic carbocycles. The van der Waals surface area contributed by atoms with Crippen LogP contribution in [-0.4, -0.2) is 40.0 Å². The summed E-state index contributed by atoms with van der Waals surface area (Å²) in [6.07, 6.45) is -4.59. The van der Waals surface area contributed by atoms with E-state index in [0.29, 0.717) is 16.6 Å². The minimum Gasteiger partial charge on any atom is -0.329 e. The van der Waals surface area contributed by atoms with E-state index >= 15 is 0 Å². The van der Waals surface area contributed by atoms with Crippen LogP contribution in [0.25, 0.3) is 16.6 Å². The number of imide groups is 1. The lowest BCUT2D eigenvalue weighted by atomic mass is 10.1. The number of hydrogen-bond donors (Lipinski definition) is 2. The molecule has 3 rings (SSSR count). The largest absolute Gasteiger partial charge is 0.405 e. The smallest absolute Gasteiger partial charge is 0.329 e. The molecule has 0 aliphatic heterocycles. The fourth-order valence-electron chi connectivity index (χ4n) is 2.92. The first-order chi connectivity index (χ1) is 15.1. The molecule has 168 valence electrons. The molecule has 2 N–H and O–H groups in total. The van der Waals surface area contributed by atoms with Crippen LogP contribution in [-0.2, 0) is 4.79 Å². The number of thioether (sulfide) groups is 1. The van der Waals surface area contributed by atoms with Crippen molar-refractivity contribution >= 4 is 34.6 Å². The zero-order valence-corrected chi connectivity index (χ0v) is 17.9. The average molecular weight is 464 g/mol. The maximum absolute atomic E-state index is 13.3. The van der Waals surface area contributed by atoms with Gasteiger partial charge in [0, 0.05) is 0 Å². The lowest BCUT2D eigenvalue weighted by Gasteiger charge is -2.16. The number of para-hydroxylation sites is 1. The molecule has 3 aromatic rings. The summed E-state index contributed by atoms with van der Waals surface area (Å²) in [5, 5.41) is 4.00. The molecule has 0 fully saturated rings. The Bertz CT molecular complexity index is 1240. The molecule has 0 aliphatic carbocycles. The molecule has 0 unspecified atom stereocenters. The molecular formula is C21H19F3N4O3S. The molecule has 7 nitrogen and oxygen atoms in total. The van der Waals surface area contributed by atoms with Gasteiger partial charge in [0.15, 0.2) is 5.16 Å². The molecule has 0 atom stereocenters. The fourth-order valence-corrected chi connectivity index (χ4v) is 3.72. The number of aryl methyl sites for hydroxylation is 1. The standard InChI is InChI=1S/C21H19F3N4O3S/c1-12-6-5-9-16(13(12)2)28-18(30)14-7-3-4-8-15(14)26-20(28)32-10-17(29)27-19(31)25-11-21(22,23)24/h3-9H,10-11H2,1-2H3,(H2,25,27,29,31). The number of amides is 3. The van der Waals surface area contributed by atoms with E-state index in [4.69, 9.17) is 0 Å². The summed E-state index contributed by atoms with van der Waals surface area (Å²) in [6.45, 7) is 2.20. The molecule has 0 saturated heterocycles. The SMILES string of the molecule is Cc1cccc(-n2c(SCC(=O)NC(=O)NCC(F)(F)F)nc3ccccc3c2=O)c1C. The number of nitrogens with zero attached hydrogens (tertiary/aromatic N) is 2. The number of nitrogens with one attached hydrogen (secondary N) is 2. The molecule has 0 radical (unpaired) electrons. The van der Waals surface area contributed by atoms with Gasteiger partial charge in [-0.1, -0.05) is 36.0 Å². The topological polar surface area (TPSA) is 93.1 Å². The van der Waals surface area contributed by atoms with Crippen LogP contribution in [0.2, 0.25) is 0 Å². The fraction of sp³-hybridized carbons (Fsp3) is 0.238. The van der Waals surface area contributed by atoms with Crippen LogP contribution in [0.5, 0.6) is 0 Å². The average Bonchev–Trinajstić information content (AvgIpc) is 2.73. The molecule has 1 aromatic heterocycles. The van der Waals surface area contributed by atoms with Crippen LogP contribution < -0.4 is 16.2 Å². The number of carbonyl (C=O) groups excluding carboxylic acids is 2. The first-order valence-electron chi connectivity index (χ1n) is 9.42. The predicted octanol–water partition coefficient (Wildman–Crippen LogP) is 3.48. The minimum absolute atomic E-state index is 0.216. The van der Waals surface area contributed by atoms with Gasteiger partial charge >= 0.3 is 12.2 Å². The zero-order valence-electron chi connectivity index (χ0n) is 17.1. The summed E-state index contributed by atoms with van der Waals surface area (Å²) < 4.78 is 37.9. The van der Waals surface area contributed by atoms with Crippen LogP contribution in [0.15, 0.2) is 52.4 Å².